The normalized spacial score (nSPS) is 14.4. The van der Waals surface area contributed by atoms with Crippen LogP contribution in [-0.2, 0) is 19.3 Å². The van der Waals surface area contributed by atoms with Gasteiger partial charge in [0.15, 0.2) is 5.78 Å². The van der Waals surface area contributed by atoms with Gasteiger partial charge >= 0.3 is 11.9 Å². The first-order valence-corrected chi connectivity index (χ1v) is 11.9. The van der Waals surface area contributed by atoms with Crippen molar-refractivity contribution in [2.24, 2.45) is 11.8 Å². The molecule has 0 atom stereocenters. The first-order chi connectivity index (χ1) is 17.9. The zero-order chi connectivity index (χ0) is 27.9. The summed E-state index contributed by atoms with van der Waals surface area (Å²) in [6.45, 7) is 7.11. The molecular weight excluding hydrogens is 496 g/mol. The number of nitrogens with zero attached hydrogens (tertiary/aromatic N) is 2. The number of hydroxylamine groups is 4. The lowest BCUT2D eigenvalue weighted by atomic mass is 9.96. The van der Waals surface area contributed by atoms with Crippen LogP contribution >= 0.6 is 0 Å². The van der Waals surface area contributed by atoms with Gasteiger partial charge in [-0.2, -0.15) is 0 Å². The van der Waals surface area contributed by atoms with Crippen LogP contribution in [0.1, 0.15) is 97.9 Å². The Hall–Kier alpha value is -4.67. The molecule has 4 amide bonds. The van der Waals surface area contributed by atoms with Gasteiger partial charge in [-0.25, -0.2) is 9.59 Å². The molecule has 38 heavy (non-hydrogen) atoms. The summed E-state index contributed by atoms with van der Waals surface area (Å²) in [4.78, 5) is 97.7. The fourth-order valence-electron chi connectivity index (χ4n) is 4.00. The van der Waals surface area contributed by atoms with Gasteiger partial charge in [0, 0.05) is 11.1 Å². The minimum Gasteiger partial charge on any atom is -0.330 e. The van der Waals surface area contributed by atoms with Crippen LogP contribution in [0.5, 0.6) is 0 Å². The van der Waals surface area contributed by atoms with Crippen LogP contribution in [0.25, 0.3) is 0 Å². The van der Waals surface area contributed by atoms with Crippen molar-refractivity contribution in [3.63, 3.8) is 0 Å². The summed E-state index contributed by atoms with van der Waals surface area (Å²) in [6.07, 6.45) is 0.0100. The Morgan fingerprint density at radius 1 is 0.605 bits per heavy atom. The van der Waals surface area contributed by atoms with E-state index in [9.17, 15) is 33.6 Å². The first kappa shape index (κ1) is 26.4. The van der Waals surface area contributed by atoms with Gasteiger partial charge in [-0.3, -0.25) is 24.0 Å². The molecule has 196 valence electrons. The Bertz CT molecular complexity index is 1320. The van der Waals surface area contributed by atoms with Crippen molar-refractivity contribution >= 4 is 41.4 Å². The molecule has 0 N–H and O–H groups in total. The molecule has 4 rings (SSSR count). The average molecular weight is 520 g/mol. The lowest BCUT2D eigenvalue weighted by molar-refractivity contribution is -0.169. The van der Waals surface area contributed by atoms with Gasteiger partial charge < -0.3 is 9.68 Å². The molecule has 2 aromatic rings. The summed E-state index contributed by atoms with van der Waals surface area (Å²) in [5.74, 6) is -5.59. The lowest BCUT2D eigenvalue weighted by Gasteiger charge is -2.13. The molecule has 11 heteroatoms. The number of carbonyl (C=O) groups excluding carboxylic acids is 7. The van der Waals surface area contributed by atoms with Gasteiger partial charge in [-0.1, -0.05) is 50.0 Å². The molecule has 0 aliphatic carbocycles. The maximum atomic E-state index is 13.2. The second kappa shape index (κ2) is 10.0. The molecule has 0 aromatic heterocycles. The van der Waals surface area contributed by atoms with Crippen molar-refractivity contribution in [1.29, 1.82) is 0 Å². The number of fused-ring (bicyclic) bond motifs is 2. The number of ketones is 1. The van der Waals surface area contributed by atoms with Gasteiger partial charge in [0.2, 0.25) is 0 Å². The molecule has 2 aromatic carbocycles. The number of rotatable bonds is 8. The number of benzene rings is 2. The predicted octanol–water partition coefficient (Wildman–Crippen LogP) is 3.12. The first-order valence-electron chi connectivity index (χ1n) is 11.9. The molecular formula is C27H24N2O9. The molecule has 0 spiro atoms. The highest BCUT2D eigenvalue weighted by atomic mass is 16.7. The van der Waals surface area contributed by atoms with Crippen molar-refractivity contribution in [2.45, 2.75) is 40.5 Å². The molecule has 0 bridgehead atoms. The molecule has 0 fully saturated rings. The number of hydrogen-bond donors (Lipinski definition) is 0. The summed E-state index contributed by atoms with van der Waals surface area (Å²) in [7, 11) is 0. The van der Waals surface area contributed by atoms with Gasteiger partial charge in [0.1, 0.15) is 0 Å². The third-order valence-corrected chi connectivity index (χ3v) is 5.76. The molecule has 0 radical (unpaired) electrons. The molecule has 0 unspecified atom stereocenters. The molecule has 0 saturated carbocycles. The molecule has 2 heterocycles. The molecule has 2 aliphatic heterocycles. The Morgan fingerprint density at radius 3 is 1.29 bits per heavy atom. The van der Waals surface area contributed by atoms with Gasteiger partial charge in [-0.05, 0) is 36.1 Å². The quantitative estimate of drug-likeness (QED) is 0.379. The van der Waals surface area contributed by atoms with Crippen LogP contribution < -0.4 is 0 Å². The van der Waals surface area contributed by atoms with E-state index in [2.05, 4.69) is 0 Å². The van der Waals surface area contributed by atoms with Crippen molar-refractivity contribution in [3.05, 3.63) is 69.8 Å². The maximum Gasteiger partial charge on any atom is 0.333 e. The highest BCUT2D eigenvalue weighted by Crippen LogP contribution is 2.28. The van der Waals surface area contributed by atoms with Crippen molar-refractivity contribution in [2.75, 3.05) is 0 Å². The van der Waals surface area contributed by atoms with Crippen LogP contribution in [0.2, 0.25) is 0 Å². The lowest BCUT2D eigenvalue weighted by Crippen LogP contribution is -2.33. The highest BCUT2D eigenvalue weighted by Gasteiger charge is 2.41. The zero-order valence-electron chi connectivity index (χ0n) is 21.1. The van der Waals surface area contributed by atoms with Crippen molar-refractivity contribution in [1.82, 2.24) is 10.1 Å². The minimum atomic E-state index is -0.884. The Morgan fingerprint density at radius 2 is 0.947 bits per heavy atom. The van der Waals surface area contributed by atoms with E-state index in [1.165, 1.54) is 36.4 Å². The fraction of sp³-hybridized carbons (Fsp3) is 0.296. The van der Waals surface area contributed by atoms with Crippen LogP contribution in [0.4, 0.5) is 0 Å². The Kier molecular flexibility index (Phi) is 6.95. The summed E-state index contributed by atoms with van der Waals surface area (Å²) in [5.41, 5.74) is -0.243. The topological polar surface area (TPSA) is 144 Å². The van der Waals surface area contributed by atoms with Crippen LogP contribution in [0.15, 0.2) is 36.4 Å². The van der Waals surface area contributed by atoms with Gasteiger partial charge in [0.25, 0.3) is 23.6 Å². The average Bonchev–Trinajstić information content (AvgIpc) is 3.22. The minimum absolute atomic E-state index is 0.00501. The SMILES string of the molecule is CC(C)CC(=O)ON1C(=O)c2ccc(C(=O)c3ccc4c(c3)C(=O)N(OC(=O)CC(C)C)C4=O)cc2C1=O. The maximum absolute atomic E-state index is 13.2. The predicted molar refractivity (Wildman–Crippen MR) is 128 cm³/mol. The largest absolute Gasteiger partial charge is 0.333 e. The number of hydrogen-bond acceptors (Lipinski definition) is 9. The molecule has 11 nitrogen and oxygen atoms in total. The van der Waals surface area contributed by atoms with E-state index in [0.717, 1.165) is 0 Å². The van der Waals surface area contributed by atoms with Crippen LogP contribution in [0.3, 0.4) is 0 Å². The monoisotopic (exact) mass is 520 g/mol. The Balaban J connectivity index is 1.55. The van der Waals surface area contributed by atoms with Crippen molar-refractivity contribution < 1.29 is 43.2 Å². The van der Waals surface area contributed by atoms with Crippen LogP contribution in [0, 0.1) is 11.8 Å². The fourth-order valence-corrected chi connectivity index (χ4v) is 4.00. The van der Waals surface area contributed by atoms with Gasteiger partial charge in [0.05, 0.1) is 35.1 Å². The second-order valence-corrected chi connectivity index (χ2v) is 9.78. The summed E-state index contributed by atoms with van der Waals surface area (Å²) < 4.78 is 0. The number of imide groups is 2. The van der Waals surface area contributed by atoms with E-state index in [1.807, 2.05) is 0 Å². The second-order valence-electron chi connectivity index (χ2n) is 9.78. The van der Waals surface area contributed by atoms with E-state index in [1.54, 1.807) is 27.7 Å². The van der Waals surface area contributed by atoms with Crippen LogP contribution in [-0.4, -0.2) is 51.5 Å². The van der Waals surface area contributed by atoms with E-state index >= 15 is 0 Å². The zero-order valence-corrected chi connectivity index (χ0v) is 21.1. The number of amides is 4. The third kappa shape index (κ3) is 4.82. The number of carbonyl (C=O) groups is 7. The van der Waals surface area contributed by atoms with Crippen molar-refractivity contribution in [3.8, 4) is 0 Å². The summed E-state index contributed by atoms with van der Waals surface area (Å²) in [6, 6.07) is 7.61. The Labute approximate surface area is 217 Å². The molecule has 0 saturated heterocycles. The van der Waals surface area contributed by atoms with E-state index in [0.29, 0.717) is 10.1 Å². The molecule has 2 aliphatic rings. The van der Waals surface area contributed by atoms with E-state index < -0.39 is 41.4 Å². The summed E-state index contributed by atoms with van der Waals surface area (Å²) >= 11 is 0. The smallest absolute Gasteiger partial charge is 0.330 e. The van der Waals surface area contributed by atoms with E-state index in [-0.39, 0.29) is 58.1 Å². The van der Waals surface area contributed by atoms with Gasteiger partial charge in [-0.15, -0.1) is 0 Å². The highest BCUT2D eigenvalue weighted by molar-refractivity contribution is 6.24. The summed E-state index contributed by atoms with van der Waals surface area (Å²) in [5, 5.41) is 0.747. The van der Waals surface area contributed by atoms with E-state index in [4.69, 9.17) is 9.68 Å². The third-order valence-electron chi connectivity index (χ3n) is 5.76. The standard InChI is InChI=1S/C27H24N2O9/c1-13(2)9-21(30)37-28-24(33)17-7-5-15(11-19(17)26(28)35)23(32)16-6-8-18-20(12-16)27(36)29(25(18)34)38-22(31)10-14(3)4/h5-8,11-14H,9-10H2,1-4H3.